The molecule has 174 valence electrons. The van der Waals surface area contributed by atoms with Gasteiger partial charge in [0, 0.05) is 40.7 Å². The van der Waals surface area contributed by atoms with Gasteiger partial charge in [-0.15, -0.1) is 0 Å². The summed E-state index contributed by atoms with van der Waals surface area (Å²) in [4.78, 5) is 17.0. The van der Waals surface area contributed by atoms with Gasteiger partial charge >= 0.3 is 0 Å². The van der Waals surface area contributed by atoms with Gasteiger partial charge in [0.25, 0.3) is 6.47 Å². The largest absolute Gasteiger partial charge is 0.483 e. The first-order chi connectivity index (χ1) is 16.6. The SMILES string of the molecule is Nc1ncc(-c2cnn(C3CCC(O)CC3)c2)c2cc(-c3cccn4cncc34)oc12.O=CO. The topological polar surface area (TPSA) is 145 Å². The van der Waals surface area contributed by atoms with Gasteiger partial charge in [-0.3, -0.25) is 9.48 Å². The molecule has 10 nitrogen and oxygen atoms in total. The molecule has 6 rings (SSSR count). The van der Waals surface area contributed by atoms with Crippen molar-refractivity contribution in [2.24, 2.45) is 0 Å². The number of nitrogens with two attached hydrogens (primary N) is 1. The highest BCUT2D eigenvalue weighted by Crippen LogP contribution is 2.38. The summed E-state index contributed by atoms with van der Waals surface area (Å²) in [6.07, 6.45) is 14.6. The third kappa shape index (κ3) is 3.88. The molecule has 0 aromatic carbocycles. The third-order valence-electron chi connectivity index (χ3n) is 6.26. The van der Waals surface area contributed by atoms with E-state index in [0.29, 0.717) is 17.4 Å². The van der Waals surface area contributed by atoms with E-state index in [1.807, 2.05) is 45.9 Å². The van der Waals surface area contributed by atoms with Gasteiger partial charge in [0.1, 0.15) is 5.76 Å². The average molecular weight is 460 g/mol. The predicted octanol–water partition coefficient (Wildman–Crippen LogP) is 3.77. The van der Waals surface area contributed by atoms with Gasteiger partial charge in [0.2, 0.25) is 0 Å². The maximum atomic E-state index is 9.78. The fourth-order valence-electron chi connectivity index (χ4n) is 4.56. The summed E-state index contributed by atoms with van der Waals surface area (Å²) in [6, 6.07) is 6.30. The minimum atomic E-state index is -0.250. The molecule has 5 aromatic heterocycles. The molecule has 34 heavy (non-hydrogen) atoms. The molecule has 5 heterocycles. The minimum absolute atomic E-state index is 0.184. The molecule has 10 heteroatoms. The van der Waals surface area contributed by atoms with Crippen LogP contribution in [0.4, 0.5) is 5.82 Å². The van der Waals surface area contributed by atoms with Crippen molar-refractivity contribution in [2.75, 3.05) is 5.73 Å². The van der Waals surface area contributed by atoms with Crippen LogP contribution < -0.4 is 5.73 Å². The number of nitrogens with zero attached hydrogens (tertiary/aromatic N) is 5. The van der Waals surface area contributed by atoms with E-state index < -0.39 is 0 Å². The van der Waals surface area contributed by atoms with E-state index in [9.17, 15) is 5.11 Å². The lowest BCUT2D eigenvalue weighted by molar-refractivity contribution is -0.122. The molecule has 0 saturated heterocycles. The number of nitrogen functional groups attached to an aromatic ring is 1. The lowest BCUT2D eigenvalue weighted by Crippen LogP contribution is -2.21. The van der Waals surface area contributed by atoms with Crippen LogP contribution in [0.1, 0.15) is 31.7 Å². The number of pyridine rings is 2. The van der Waals surface area contributed by atoms with Gasteiger partial charge in [0.15, 0.2) is 11.4 Å². The molecule has 1 aliphatic carbocycles. The number of carboxylic acid groups (broad SMARTS) is 1. The van der Waals surface area contributed by atoms with Crippen LogP contribution in [0.3, 0.4) is 0 Å². The third-order valence-corrected chi connectivity index (χ3v) is 6.26. The van der Waals surface area contributed by atoms with Gasteiger partial charge in [-0.2, -0.15) is 5.10 Å². The smallest absolute Gasteiger partial charge is 0.290 e. The quantitative estimate of drug-likeness (QED) is 0.345. The number of carbonyl (C=O) groups is 1. The van der Waals surface area contributed by atoms with Crippen LogP contribution in [0.15, 0.2) is 59.9 Å². The number of anilines is 1. The fraction of sp³-hybridized carbons (Fsp3) is 0.250. The second kappa shape index (κ2) is 8.99. The molecule has 0 bridgehead atoms. The summed E-state index contributed by atoms with van der Waals surface area (Å²) in [6.45, 7) is -0.250. The Morgan fingerprint density at radius 2 is 1.94 bits per heavy atom. The van der Waals surface area contributed by atoms with Gasteiger partial charge in [-0.1, -0.05) is 0 Å². The number of aliphatic hydroxyl groups is 1. The van der Waals surface area contributed by atoms with Crippen molar-refractivity contribution in [1.29, 1.82) is 0 Å². The molecule has 0 radical (unpaired) electrons. The standard InChI is InChI=1S/C23H22N6O2.CH2O2/c24-23-22-18(8-21(31-22)17-2-1-7-28-13-25-11-20(17)28)19(10-26-23)14-9-27-29(12-14)15-3-5-16(30)6-4-15;2-1-3/h1-2,7-13,15-16,30H,3-6H2,(H2,24,26);1H,(H,2,3). The summed E-state index contributed by atoms with van der Waals surface area (Å²) >= 11 is 0. The predicted molar refractivity (Wildman–Crippen MR) is 126 cm³/mol. The van der Waals surface area contributed by atoms with Crippen LogP contribution >= 0.6 is 0 Å². The molecule has 0 amide bonds. The van der Waals surface area contributed by atoms with Gasteiger partial charge in [-0.05, 0) is 43.9 Å². The molecule has 1 aliphatic rings. The number of imidazole rings is 1. The van der Waals surface area contributed by atoms with Crippen LogP contribution in [0, 0.1) is 0 Å². The summed E-state index contributed by atoms with van der Waals surface area (Å²) in [5.74, 6) is 1.08. The normalized spacial score (nSPS) is 18.0. The van der Waals surface area contributed by atoms with Crippen LogP contribution in [0.5, 0.6) is 0 Å². The van der Waals surface area contributed by atoms with E-state index in [2.05, 4.69) is 21.3 Å². The Balaban J connectivity index is 0.000000764. The van der Waals surface area contributed by atoms with E-state index >= 15 is 0 Å². The van der Waals surface area contributed by atoms with Crippen molar-refractivity contribution in [3.05, 3.63) is 55.5 Å². The molecule has 5 aromatic rings. The molecule has 0 aliphatic heterocycles. The second-order valence-electron chi connectivity index (χ2n) is 8.30. The van der Waals surface area contributed by atoms with E-state index in [1.165, 1.54) is 0 Å². The van der Waals surface area contributed by atoms with E-state index in [-0.39, 0.29) is 12.6 Å². The maximum absolute atomic E-state index is 9.78. The molecule has 0 atom stereocenters. The second-order valence-corrected chi connectivity index (χ2v) is 8.30. The Morgan fingerprint density at radius 3 is 2.74 bits per heavy atom. The van der Waals surface area contributed by atoms with Crippen molar-refractivity contribution in [1.82, 2.24) is 24.1 Å². The van der Waals surface area contributed by atoms with Gasteiger partial charge in [0.05, 0.1) is 36.4 Å². The van der Waals surface area contributed by atoms with Crippen molar-refractivity contribution in [2.45, 2.75) is 37.8 Å². The Hall–Kier alpha value is -4.18. The van der Waals surface area contributed by atoms with Crippen LogP contribution in [-0.4, -0.2) is 46.9 Å². The van der Waals surface area contributed by atoms with E-state index in [4.69, 9.17) is 20.1 Å². The number of aromatic nitrogens is 5. The van der Waals surface area contributed by atoms with Crippen molar-refractivity contribution < 1.29 is 19.4 Å². The van der Waals surface area contributed by atoms with Crippen LogP contribution in [0.2, 0.25) is 0 Å². The highest BCUT2D eigenvalue weighted by molar-refractivity contribution is 6.00. The number of hydrogen-bond donors (Lipinski definition) is 3. The van der Waals surface area contributed by atoms with E-state index in [0.717, 1.165) is 59.0 Å². The van der Waals surface area contributed by atoms with Crippen molar-refractivity contribution in [3.8, 4) is 22.5 Å². The Morgan fingerprint density at radius 1 is 1.15 bits per heavy atom. The zero-order valence-corrected chi connectivity index (χ0v) is 18.3. The zero-order chi connectivity index (χ0) is 23.7. The molecule has 0 unspecified atom stereocenters. The minimum Gasteiger partial charge on any atom is -0.483 e. The monoisotopic (exact) mass is 460 g/mol. The molecule has 1 fully saturated rings. The highest BCUT2D eigenvalue weighted by Gasteiger charge is 2.22. The Labute approximate surface area is 194 Å². The molecular weight excluding hydrogens is 436 g/mol. The van der Waals surface area contributed by atoms with Crippen molar-refractivity contribution >= 4 is 28.8 Å². The highest BCUT2D eigenvalue weighted by atomic mass is 16.3. The average Bonchev–Trinajstić information content (AvgIpc) is 3.60. The summed E-state index contributed by atoms with van der Waals surface area (Å²) in [5, 5.41) is 22.2. The van der Waals surface area contributed by atoms with E-state index in [1.54, 1.807) is 12.5 Å². The molecule has 1 saturated carbocycles. The summed E-state index contributed by atoms with van der Waals surface area (Å²) < 4.78 is 10.1. The number of rotatable bonds is 3. The summed E-state index contributed by atoms with van der Waals surface area (Å²) in [7, 11) is 0. The Bertz CT molecular complexity index is 1440. The van der Waals surface area contributed by atoms with Crippen molar-refractivity contribution in [3.63, 3.8) is 0 Å². The first-order valence-electron chi connectivity index (χ1n) is 11.0. The lowest BCUT2D eigenvalue weighted by Gasteiger charge is -2.25. The van der Waals surface area contributed by atoms with Gasteiger partial charge < -0.3 is 24.8 Å². The fourth-order valence-corrected chi connectivity index (χ4v) is 4.56. The first-order valence-corrected chi connectivity index (χ1v) is 11.0. The number of aliphatic hydroxyl groups excluding tert-OH is 1. The molecule has 4 N–H and O–H groups in total. The lowest BCUT2D eigenvalue weighted by atomic mass is 9.93. The Kier molecular flexibility index (Phi) is 5.72. The summed E-state index contributed by atoms with van der Waals surface area (Å²) in [5.41, 5.74) is 10.5. The zero-order valence-electron chi connectivity index (χ0n) is 18.3. The number of hydrogen-bond acceptors (Lipinski definition) is 7. The maximum Gasteiger partial charge on any atom is 0.290 e. The number of fused-ring (bicyclic) bond motifs is 2. The van der Waals surface area contributed by atoms with Crippen LogP contribution in [-0.2, 0) is 4.79 Å². The number of furan rings is 1. The molecular formula is C24H24N6O4. The van der Waals surface area contributed by atoms with Crippen LogP contribution in [0.25, 0.3) is 38.9 Å². The molecule has 0 spiro atoms. The first kappa shape index (κ1) is 21.7. The van der Waals surface area contributed by atoms with Gasteiger partial charge in [-0.25, -0.2) is 9.97 Å².